The summed E-state index contributed by atoms with van der Waals surface area (Å²) in [5, 5.41) is 21.8. The zero-order valence-electron chi connectivity index (χ0n) is 13.2. The standard InChI is InChI=1S/C15H12N4O5S/c1-18-13-8(7-16-15(17-13)25-2)6-11(14(18)21)24-10-5-3-4-9(20)12(10)19(22)23/h3-7,20H,1-2H3. The number of phenolic OH excluding ortho intramolecular Hbond substituents is 1. The average molecular weight is 360 g/mol. The molecule has 3 rings (SSSR count). The number of thioether (sulfide) groups is 1. The van der Waals surface area contributed by atoms with E-state index < -0.39 is 21.9 Å². The summed E-state index contributed by atoms with van der Waals surface area (Å²) in [6, 6.07) is 5.27. The largest absolute Gasteiger partial charge is 0.502 e. The molecule has 0 saturated heterocycles. The molecule has 0 aliphatic heterocycles. The highest BCUT2D eigenvalue weighted by Crippen LogP contribution is 2.37. The van der Waals surface area contributed by atoms with E-state index in [4.69, 9.17) is 4.74 Å². The highest BCUT2D eigenvalue weighted by molar-refractivity contribution is 7.98. The van der Waals surface area contributed by atoms with Crippen LogP contribution in [0.2, 0.25) is 0 Å². The van der Waals surface area contributed by atoms with Crippen molar-refractivity contribution in [2.45, 2.75) is 5.16 Å². The summed E-state index contributed by atoms with van der Waals surface area (Å²) in [5.41, 5.74) is -0.711. The second-order valence-electron chi connectivity index (χ2n) is 4.99. The van der Waals surface area contributed by atoms with Crippen LogP contribution in [0.5, 0.6) is 17.2 Å². The van der Waals surface area contributed by atoms with Crippen LogP contribution in [-0.4, -0.2) is 30.8 Å². The van der Waals surface area contributed by atoms with Crippen molar-refractivity contribution < 1.29 is 14.8 Å². The summed E-state index contributed by atoms with van der Waals surface area (Å²) in [7, 11) is 1.52. The number of hydrogen-bond donors (Lipinski definition) is 1. The van der Waals surface area contributed by atoms with Crippen LogP contribution in [0, 0.1) is 10.1 Å². The second kappa shape index (κ2) is 6.40. The van der Waals surface area contributed by atoms with Crippen molar-refractivity contribution in [3.05, 3.63) is 50.9 Å². The van der Waals surface area contributed by atoms with Gasteiger partial charge >= 0.3 is 5.69 Å². The molecule has 10 heteroatoms. The van der Waals surface area contributed by atoms with Gasteiger partial charge in [0.15, 0.2) is 16.7 Å². The lowest BCUT2D eigenvalue weighted by Crippen LogP contribution is -2.19. The van der Waals surface area contributed by atoms with Crippen LogP contribution in [0.15, 0.2) is 40.4 Å². The van der Waals surface area contributed by atoms with Crippen molar-refractivity contribution in [1.29, 1.82) is 0 Å². The molecular formula is C15H12N4O5S. The first-order valence-corrected chi connectivity index (χ1v) is 8.20. The van der Waals surface area contributed by atoms with Gasteiger partial charge in [-0.2, -0.15) is 0 Å². The average Bonchev–Trinajstić information content (AvgIpc) is 2.59. The van der Waals surface area contributed by atoms with E-state index in [1.54, 1.807) is 0 Å². The molecule has 128 valence electrons. The van der Waals surface area contributed by atoms with Crippen LogP contribution in [0.25, 0.3) is 11.0 Å². The number of aromatic nitrogens is 3. The monoisotopic (exact) mass is 360 g/mol. The highest BCUT2D eigenvalue weighted by atomic mass is 32.2. The van der Waals surface area contributed by atoms with Crippen molar-refractivity contribution in [1.82, 2.24) is 14.5 Å². The molecule has 0 fully saturated rings. The third kappa shape index (κ3) is 2.98. The summed E-state index contributed by atoms with van der Waals surface area (Å²) in [5.74, 6) is -0.916. The Hall–Kier alpha value is -3.14. The van der Waals surface area contributed by atoms with Gasteiger partial charge in [0.1, 0.15) is 5.65 Å². The van der Waals surface area contributed by atoms with E-state index in [1.807, 2.05) is 6.26 Å². The van der Waals surface area contributed by atoms with Crippen LogP contribution in [0.3, 0.4) is 0 Å². The lowest BCUT2D eigenvalue weighted by Gasteiger charge is -2.10. The van der Waals surface area contributed by atoms with Gasteiger partial charge in [-0.25, -0.2) is 9.97 Å². The fraction of sp³-hybridized carbons (Fsp3) is 0.133. The first-order valence-electron chi connectivity index (χ1n) is 6.97. The van der Waals surface area contributed by atoms with Crippen molar-refractivity contribution in [2.75, 3.05) is 6.26 Å². The number of pyridine rings is 1. The third-order valence-corrected chi connectivity index (χ3v) is 4.02. The van der Waals surface area contributed by atoms with Gasteiger partial charge in [-0.05, 0) is 24.5 Å². The SMILES string of the molecule is CSc1ncc2cc(Oc3cccc(O)c3[N+](=O)[O-])c(=O)n(C)c2n1. The van der Waals surface area contributed by atoms with Crippen LogP contribution in [0.4, 0.5) is 5.69 Å². The Labute approximate surface area is 145 Å². The molecule has 0 radical (unpaired) electrons. The van der Waals surface area contributed by atoms with Crippen LogP contribution in [0.1, 0.15) is 0 Å². The molecule has 25 heavy (non-hydrogen) atoms. The molecule has 0 aliphatic rings. The van der Waals surface area contributed by atoms with Gasteiger partial charge in [-0.3, -0.25) is 19.5 Å². The Kier molecular flexibility index (Phi) is 4.28. The molecule has 2 heterocycles. The molecule has 0 atom stereocenters. The Morgan fingerprint density at radius 1 is 1.36 bits per heavy atom. The zero-order chi connectivity index (χ0) is 18.1. The molecular weight excluding hydrogens is 348 g/mol. The summed E-state index contributed by atoms with van der Waals surface area (Å²) in [6.45, 7) is 0. The maximum atomic E-state index is 12.5. The molecule has 0 spiro atoms. The Morgan fingerprint density at radius 3 is 2.80 bits per heavy atom. The Morgan fingerprint density at radius 2 is 2.12 bits per heavy atom. The zero-order valence-corrected chi connectivity index (χ0v) is 14.0. The van der Waals surface area contributed by atoms with E-state index in [-0.39, 0.29) is 11.5 Å². The predicted molar refractivity (Wildman–Crippen MR) is 91.4 cm³/mol. The number of ether oxygens (including phenoxy) is 1. The molecule has 0 unspecified atom stereocenters. The highest BCUT2D eigenvalue weighted by Gasteiger charge is 2.22. The summed E-state index contributed by atoms with van der Waals surface area (Å²) >= 11 is 1.34. The van der Waals surface area contributed by atoms with E-state index in [0.29, 0.717) is 16.2 Å². The number of hydrogen-bond acceptors (Lipinski definition) is 8. The van der Waals surface area contributed by atoms with Crippen LogP contribution >= 0.6 is 11.8 Å². The number of para-hydroxylation sites is 1. The smallest absolute Gasteiger partial charge is 0.352 e. The van der Waals surface area contributed by atoms with E-state index in [2.05, 4.69) is 9.97 Å². The molecule has 0 saturated carbocycles. The Bertz CT molecular complexity index is 1050. The van der Waals surface area contributed by atoms with Gasteiger partial charge < -0.3 is 9.84 Å². The van der Waals surface area contributed by atoms with Crippen molar-refractivity contribution in [3.63, 3.8) is 0 Å². The topological polar surface area (TPSA) is 120 Å². The van der Waals surface area contributed by atoms with E-state index in [9.17, 15) is 20.0 Å². The van der Waals surface area contributed by atoms with Gasteiger partial charge in [0.05, 0.1) is 4.92 Å². The molecule has 3 aromatic rings. The molecule has 9 nitrogen and oxygen atoms in total. The number of aromatic hydroxyl groups is 1. The van der Waals surface area contributed by atoms with Gasteiger partial charge in [0.2, 0.25) is 5.75 Å². The maximum absolute atomic E-state index is 12.5. The number of benzene rings is 1. The van der Waals surface area contributed by atoms with Gasteiger partial charge in [0, 0.05) is 18.6 Å². The minimum atomic E-state index is -0.774. The maximum Gasteiger partial charge on any atom is 0.352 e. The number of nitrogens with zero attached hydrogens (tertiary/aromatic N) is 4. The minimum Gasteiger partial charge on any atom is -0.502 e. The quantitative estimate of drug-likeness (QED) is 0.326. The minimum absolute atomic E-state index is 0.135. The number of nitro benzene ring substituents is 1. The lowest BCUT2D eigenvalue weighted by molar-refractivity contribution is -0.386. The fourth-order valence-electron chi connectivity index (χ4n) is 2.27. The van der Waals surface area contributed by atoms with Gasteiger partial charge in [-0.15, -0.1) is 0 Å². The van der Waals surface area contributed by atoms with Gasteiger partial charge in [0.25, 0.3) is 5.56 Å². The fourth-order valence-corrected chi connectivity index (χ4v) is 2.60. The number of fused-ring (bicyclic) bond motifs is 1. The number of rotatable bonds is 4. The molecule has 1 N–H and O–H groups in total. The van der Waals surface area contributed by atoms with Crippen molar-refractivity contribution >= 4 is 28.5 Å². The van der Waals surface area contributed by atoms with Crippen LogP contribution in [-0.2, 0) is 7.05 Å². The first-order chi connectivity index (χ1) is 11.9. The third-order valence-electron chi connectivity index (χ3n) is 3.46. The van der Waals surface area contributed by atoms with Crippen molar-refractivity contribution in [2.24, 2.45) is 7.05 Å². The normalized spacial score (nSPS) is 10.8. The Balaban J connectivity index is 2.15. The summed E-state index contributed by atoms with van der Waals surface area (Å²) in [6.07, 6.45) is 3.36. The lowest BCUT2D eigenvalue weighted by atomic mass is 10.2. The summed E-state index contributed by atoms with van der Waals surface area (Å²) < 4.78 is 6.71. The van der Waals surface area contributed by atoms with Crippen LogP contribution < -0.4 is 10.3 Å². The number of aryl methyl sites for hydroxylation is 1. The van der Waals surface area contributed by atoms with E-state index >= 15 is 0 Å². The molecule has 1 aromatic carbocycles. The second-order valence-corrected chi connectivity index (χ2v) is 5.76. The summed E-state index contributed by atoms with van der Waals surface area (Å²) in [4.78, 5) is 31.3. The predicted octanol–water partition coefficient (Wildman–Crippen LogP) is 2.46. The molecule has 2 aromatic heterocycles. The number of nitro groups is 1. The molecule has 0 bridgehead atoms. The van der Waals surface area contributed by atoms with E-state index in [1.165, 1.54) is 53.8 Å². The van der Waals surface area contributed by atoms with Gasteiger partial charge in [-0.1, -0.05) is 17.8 Å². The number of phenols is 1. The molecule has 0 aliphatic carbocycles. The van der Waals surface area contributed by atoms with Crippen molar-refractivity contribution in [3.8, 4) is 17.2 Å². The van der Waals surface area contributed by atoms with E-state index in [0.717, 1.165) is 0 Å². The first kappa shape index (κ1) is 16.7. The molecule has 0 amide bonds.